The Kier molecular flexibility index (Phi) is 6.30. The van der Waals surface area contributed by atoms with Crippen LogP contribution in [0.15, 0.2) is 30.6 Å². The summed E-state index contributed by atoms with van der Waals surface area (Å²) < 4.78 is 1.42. The van der Waals surface area contributed by atoms with Gasteiger partial charge in [-0.2, -0.15) is 5.10 Å². The van der Waals surface area contributed by atoms with Crippen molar-refractivity contribution in [2.24, 2.45) is 0 Å². The number of nitro groups is 1. The van der Waals surface area contributed by atoms with E-state index in [9.17, 15) is 14.9 Å². The predicted molar refractivity (Wildman–Crippen MR) is 102 cm³/mol. The second-order valence-electron chi connectivity index (χ2n) is 6.34. The Hall–Kier alpha value is -2.16. The first kappa shape index (κ1) is 19.6. The average molecular weight is 412 g/mol. The molecule has 1 aliphatic rings. The minimum absolute atomic E-state index is 0.0218. The molecule has 10 heteroatoms. The van der Waals surface area contributed by atoms with Crippen LogP contribution in [0.2, 0.25) is 10.0 Å². The van der Waals surface area contributed by atoms with Crippen LogP contribution < -0.4 is 0 Å². The number of benzene rings is 1. The summed E-state index contributed by atoms with van der Waals surface area (Å²) in [5, 5.41) is 15.7. The molecule has 1 aromatic heterocycles. The minimum Gasteiger partial charge on any atom is -0.340 e. The summed E-state index contributed by atoms with van der Waals surface area (Å²) in [5.74, 6) is 0.0218. The Balaban J connectivity index is 1.46. The number of amides is 1. The van der Waals surface area contributed by atoms with Gasteiger partial charge in [-0.1, -0.05) is 35.3 Å². The average Bonchev–Trinajstić information content (AvgIpc) is 3.13. The van der Waals surface area contributed by atoms with Crippen LogP contribution in [0.4, 0.5) is 5.69 Å². The van der Waals surface area contributed by atoms with Crippen LogP contribution in [-0.4, -0.2) is 56.6 Å². The van der Waals surface area contributed by atoms with Gasteiger partial charge in [0.25, 0.3) is 0 Å². The van der Waals surface area contributed by atoms with E-state index in [-0.39, 0.29) is 18.0 Å². The van der Waals surface area contributed by atoms with E-state index < -0.39 is 4.92 Å². The van der Waals surface area contributed by atoms with E-state index in [1.165, 1.54) is 17.1 Å². The first-order chi connectivity index (χ1) is 12.9. The van der Waals surface area contributed by atoms with Gasteiger partial charge >= 0.3 is 5.69 Å². The largest absolute Gasteiger partial charge is 0.340 e. The van der Waals surface area contributed by atoms with Gasteiger partial charge in [0.05, 0.1) is 15.0 Å². The lowest BCUT2D eigenvalue weighted by Gasteiger charge is -2.35. The third-order valence-electron chi connectivity index (χ3n) is 4.54. The molecule has 2 aromatic rings. The topological polar surface area (TPSA) is 84.5 Å². The highest BCUT2D eigenvalue weighted by atomic mass is 35.5. The maximum Gasteiger partial charge on any atom is 0.306 e. The Morgan fingerprint density at radius 2 is 1.96 bits per heavy atom. The van der Waals surface area contributed by atoms with E-state index in [0.717, 1.165) is 18.7 Å². The molecule has 144 valence electrons. The highest BCUT2D eigenvalue weighted by Gasteiger charge is 2.22. The van der Waals surface area contributed by atoms with Crippen molar-refractivity contribution in [2.45, 2.75) is 19.5 Å². The summed E-state index contributed by atoms with van der Waals surface area (Å²) in [7, 11) is 0. The van der Waals surface area contributed by atoms with Gasteiger partial charge in [0.2, 0.25) is 5.91 Å². The van der Waals surface area contributed by atoms with E-state index >= 15 is 0 Å². The smallest absolute Gasteiger partial charge is 0.306 e. The molecule has 1 amide bonds. The van der Waals surface area contributed by atoms with Crippen molar-refractivity contribution in [3.05, 3.63) is 56.3 Å². The fraction of sp³-hybridized carbons (Fsp3) is 0.412. The second kappa shape index (κ2) is 8.69. The molecular formula is C17H19Cl2N5O3. The van der Waals surface area contributed by atoms with Gasteiger partial charge in [-0.15, -0.1) is 0 Å². The molecule has 8 nitrogen and oxygen atoms in total. The Morgan fingerprint density at radius 1 is 1.22 bits per heavy atom. The van der Waals surface area contributed by atoms with Crippen molar-refractivity contribution in [2.75, 3.05) is 26.2 Å². The first-order valence-corrected chi connectivity index (χ1v) is 9.29. The summed E-state index contributed by atoms with van der Waals surface area (Å²) in [6.07, 6.45) is 2.78. The molecule has 0 saturated carbocycles. The van der Waals surface area contributed by atoms with Crippen molar-refractivity contribution < 1.29 is 9.72 Å². The molecule has 27 heavy (non-hydrogen) atoms. The fourth-order valence-electron chi connectivity index (χ4n) is 3.00. The molecule has 2 heterocycles. The quantitative estimate of drug-likeness (QED) is 0.538. The number of carbonyl (C=O) groups excluding carboxylic acids is 1. The zero-order chi connectivity index (χ0) is 19.4. The molecule has 1 aliphatic heterocycles. The Labute approximate surface area is 166 Å². The molecule has 1 fully saturated rings. The number of hydrogen-bond acceptors (Lipinski definition) is 5. The highest BCUT2D eigenvalue weighted by Crippen LogP contribution is 2.26. The molecule has 0 atom stereocenters. The number of rotatable bonds is 6. The number of carbonyl (C=O) groups is 1. The first-order valence-electron chi connectivity index (χ1n) is 8.54. The van der Waals surface area contributed by atoms with Crippen LogP contribution in [0.25, 0.3) is 0 Å². The van der Waals surface area contributed by atoms with Crippen molar-refractivity contribution in [3.8, 4) is 0 Å². The van der Waals surface area contributed by atoms with Crippen LogP contribution >= 0.6 is 23.2 Å². The number of aryl methyl sites for hydroxylation is 1. The Morgan fingerprint density at radius 3 is 2.63 bits per heavy atom. The molecule has 0 bridgehead atoms. The maximum atomic E-state index is 12.4. The van der Waals surface area contributed by atoms with Crippen LogP contribution in [0.5, 0.6) is 0 Å². The predicted octanol–water partition coefficient (Wildman–Crippen LogP) is 2.83. The lowest BCUT2D eigenvalue weighted by Crippen LogP contribution is -2.48. The molecule has 1 aromatic carbocycles. The summed E-state index contributed by atoms with van der Waals surface area (Å²) in [4.78, 5) is 26.6. The normalized spacial score (nSPS) is 15.1. The van der Waals surface area contributed by atoms with Gasteiger partial charge in [-0.05, 0) is 11.6 Å². The summed E-state index contributed by atoms with van der Waals surface area (Å²) in [5.41, 5.74) is 0.903. The van der Waals surface area contributed by atoms with E-state index in [2.05, 4.69) is 10.00 Å². The number of aromatic nitrogens is 2. The monoisotopic (exact) mass is 411 g/mol. The zero-order valence-electron chi connectivity index (χ0n) is 14.6. The third-order valence-corrected chi connectivity index (χ3v) is 5.39. The molecule has 0 spiro atoms. The SMILES string of the molecule is O=C(CCn1cc([N+](=O)[O-])cn1)N1CCN(Cc2cccc(Cl)c2Cl)CC1. The molecular weight excluding hydrogens is 393 g/mol. The third kappa shape index (κ3) is 4.97. The van der Waals surface area contributed by atoms with Gasteiger partial charge in [-0.3, -0.25) is 24.5 Å². The van der Waals surface area contributed by atoms with E-state index in [0.29, 0.717) is 36.2 Å². The molecule has 0 N–H and O–H groups in total. The van der Waals surface area contributed by atoms with Crippen LogP contribution in [0, 0.1) is 10.1 Å². The lowest BCUT2D eigenvalue weighted by molar-refractivity contribution is -0.385. The van der Waals surface area contributed by atoms with E-state index in [1.807, 2.05) is 17.0 Å². The molecule has 1 saturated heterocycles. The minimum atomic E-state index is -0.503. The fourth-order valence-corrected chi connectivity index (χ4v) is 3.38. The van der Waals surface area contributed by atoms with Crippen LogP contribution in [0.1, 0.15) is 12.0 Å². The van der Waals surface area contributed by atoms with Gasteiger partial charge in [-0.25, -0.2) is 0 Å². The van der Waals surface area contributed by atoms with Crippen LogP contribution in [-0.2, 0) is 17.9 Å². The number of halogens is 2. The highest BCUT2D eigenvalue weighted by molar-refractivity contribution is 6.42. The molecule has 0 aliphatic carbocycles. The van der Waals surface area contributed by atoms with Crippen molar-refractivity contribution in [1.82, 2.24) is 19.6 Å². The summed E-state index contributed by atoms with van der Waals surface area (Å²) in [6.45, 7) is 3.79. The number of piperazine rings is 1. The van der Waals surface area contributed by atoms with Crippen molar-refractivity contribution >= 4 is 34.8 Å². The Bertz CT molecular complexity index is 834. The van der Waals surface area contributed by atoms with Crippen molar-refractivity contribution in [1.29, 1.82) is 0 Å². The zero-order valence-corrected chi connectivity index (χ0v) is 16.1. The number of hydrogen-bond donors (Lipinski definition) is 0. The lowest BCUT2D eigenvalue weighted by atomic mass is 10.2. The van der Waals surface area contributed by atoms with Gasteiger partial charge in [0, 0.05) is 45.7 Å². The summed E-state index contributed by atoms with van der Waals surface area (Å²) in [6, 6.07) is 5.59. The van der Waals surface area contributed by atoms with E-state index in [4.69, 9.17) is 23.2 Å². The van der Waals surface area contributed by atoms with E-state index in [1.54, 1.807) is 6.07 Å². The molecule has 0 unspecified atom stereocenters. The molecule has 3 rings (SSSR count). The second-order valence-corrected chi connectivity index (χ2v) is 7.12. The standard InChI is InChI=1S/C17H19Cl2N5O3/c18-15-3-1-2-13(17(15)19)11-21-6-8-22(9-7-21)16(25)4-5-23-12-14(10-20-23)24(26)27/h1-3,10,12H,4-9,11H2. The summed E-state index contributed by atoms with van der Waals surface area (Å²) >= 11 is 12.3. The molecule has 0 radical (unpaired) electrons. The van der Waals surface area contributed by atoms with Gasteiger partial charge in [0.1, 0.15) is 12.4 Å². The maximum absolute atomic E-state index is 12.4. The van der Waals surface area contributed by atoms with Gasteiger partial charge in [0.15, 0.2) is 0 Å². The van der Waals surface area contributed by atoms with Gasteiger partial charge < -0.3 is 4.90 Å². The van der Waals surface area contributed by atoms with Crippen LogP contribution in [0.3, 0.4) is 0 Å². The van der Waals surface area contributed by atoms with Crippen molar-refractivity contribution in [3.63, 3.8) is 0 Å². The number of nitrogens with zero attached hydrogens (tertiary/aromatic N) is 5.